The molecule has 5 rings (SSSR count). The number of aryl methyl sites for hydroxylation is 1. The molecule has 3 heterocycles. The van der Waals surface area contributed by atoms with E-state index in [0.717, 1.165) is 25.3 Å². The Morgan fingerprint density at radius 1 is 0.882 bits per heavy atom. The molecule has 2 aromatic heterocycles. The Bertz CT molecular complexity index is 1840. The number of hydrogen-bond acceptors (Lipinski definition) is 11. The van der Waals surface area contributed by atoms with Crippen molar-refractivity contribution in [3.05, 3.63) is 106 Å². The molecule has 0 unspecified atom stereocenters. The number of esters is 2. The Balaban J connectivity index is 1.53. The summed E-state index contributed by atoms with van der Waals surface area (Å²) in [6.45, 7) is -0.398. The van der Waals surface area contributed by atoms with E-state index in [1.807, 2.05) is 60.7 Å². The maximum atomic E-state index is 13.9. The number of methoxy groups -OCH3 is 2. The van der Waals surface area contributed by atoms with Crippen LogP contribution in [-0.4, -0.2) is 88.8 Å². The maximum absolute atomic E-state index is 13.9. The van der Waals surface area contributed by atoms with E-state index in [0.29, 0.717) is 12.1 Å². The molecular weight excluding hydrogens is 662 g/mol. The van der Waals surface area contributed by atoms with Gasteiger partial charge < -0.3 is 40.3 Å². The average molecular weight is 702 g/mol. The number of nitrogens with one attached hydrogen (secondary N) is 4. The molecule has 3 atom stereocenters. The average Bonchev–Trinajstić information content (AvgIpc) is 3.76. The molecule has 268 valence electrons. The first kappa shape index (κ1) is 36.3. The van der Waals surface area contributed by atoms with Gasteiger partial charge in [-0.25, -0.2) is 14.4 Å². The maximum Gasteiger partial charge on any atom is 0.342 e. The number of hydrogen-bond donors (Lipinski definition) is 5. The molecule has 2 aromatic carbocycles. The van der Waals surface area contributed by atoms with Gasteiger partial charge in [-0.1, -0.05) is 65.9 Å². The molecule has 4 aromatic rings. The summed E-state index contributed by atoms with van der Waals surface area (Å²) in [5, 5.41) is 29.5. The molecule has 51 heavy (non-hydrogen) atoms. The summed E-state index contributed by atoms with van der Waals surface area (Å²) in [6, 6.07) is 15.2. The zero-order valence-corrected chi connectivity index (χ0v) is 28.1. The zero-order chi connectivity index (χ0) is 36.3. The van der Waals surface area contributed by atoms with Crippen LogP contribution in [0.2, 0.25) is 0 Å². The molecule has 16 nitrogen and oxygen atoms in total. The highest BCUT2D eigenvalue weighted by Gasteiger charge is 2.35. The second-order valence-electron chi connectivity index (χ2n) is 11.9. The molecule has 4 amide bonds. The lowest BCUT2D eigenvalue weighted by molar-refractivity contribution is -0.123. The van der Waals surface area contributed by atoms with Crippen molar-refractivity contribution in [1.29, 1.82) is 0 Å². The summed E-state index contributed by atoms with van der Waals surface area (Å²) in [5.74, 6) is -3.81. The van der Waals surface area contributed by atoms with Crippen molar-refractivity contribution in [2.24, 2.45) is 0 Å². The standard InChI is InChI=1S/C35H39N7O9/c1-49-33(46)28-27-14-13-23(20-43)38-35(48)39-26(16-22-11-7-4-8-12-22)31(44)36-17-25-19-42(41-40-25)18-24(15-21-9-5-3-6-10-21)37-32(45)30(51-27)29(28)34(47)50-2/h3-12,19,23-24,26,43H,13-18,20H2,1-2H3,(H,36,44)(H,37,45)(H2,38,39,48)/t23-,24-,26+/m1/s1. The fourth-order valence-corrected chi connectivity index (χ4v) is 5.73. The van der Waals surface area contributed by atoms with Crippen LogP contribution < -0.4 is 21.3 Å². The minimum atomic E-state index is -1.01. The van der Waals surface area contributed by atoms with Crippen LogP contribution in [0.1, 0.15) is 60.3 Å². The first-order chi connectivity index (χ1) is 24.7. The number of nitrogens with zero attached hydrogens (tertiary/aromatic N) is 3. The molecule has 1 aliphatic rings. The Hall–Kier alpha value is -6.03. The highest BCUT2D eigenvalue weighted by atomic mass is 16.5. The number of aromatic nitrogens is 3. The van der Waals surface area contributed by atoms with Gasteiger partial charge in [0.1, 0.15) is 28.6 Å². The van der Waals surface area contributed by atoms with Crippen LogP contribution in [0, 0.1) is 0 Å². The third-order valence-corrected chi connectivity index (χ3v) is 8.24. The molecule has 1 aliphatic heterocycles. The Morgan fingerprint density at radius 3 is 2.18 bits per heavy atom. The Kier molecular flexibility index (Phi) is 12.1. The second-order valence-corrected chi connectivity index (χ2v) is 11.9. The fourth-order valence-electron chi connectivity index (χ4n) is 5.73. The highest BCUT2D eigenvalue weighted by Crippen LogP contribution is 2.27. The molecular formula is C35H39N7O9. The number of carbonyl (C=O) groups is 5. The fraction of sp³-hybridized carbons (Fsp3) is 0.343. The van der Waals surface area contributed by atoms with Gasteiger partial charge in [-0.05, 0) is 24.0 Å². The van der Waals surface area contributed by atoms with Crippen molar-refractivity contribution in [3.63, 3.8) is 0 Å². The molecule has 0 fully saturated rings. The van der Waals surface area contributed by atoms with Crippen molar-refractivity contribution in [1.82, 2.24) is 36.3 Å². The zero-order valence-electron chi connectivity index (χ0n) is 28.1. The third-order valence-electron chi connectivity index (χ3n) is 8.24. The van der Waals surface area contributed by atoms with Crippen molar-refractivity contribution < 1.29 is 43.0 Å². The van der Waals surface area contributed by atoms with Gasteiger partial charge in [0.15, 0.2) is 0 Å². The summed E-state index contributed by atoms with van der Waals surface area (Å²) in [5.41, 5.74) is 1.36. The van der Waals surface area contributed by atoms with E-state index in [-0.39, 0.29) is 43.7 Å². The topological polar surface area (TPSA) is 216 Å². The number of amides is 4. The van der Waals surface area contributed by atoms with E-state index >= 15 is 0 Å². The van der Waals surface area contributed by atoms with Crippen molar-refractivity contribution in [2.75, 3.05) is 20.8 Å². The number of carbonyl (C=O) groups excluding carboxylic acids is 5. The molecule has 0 saturated heterocycles. The highest BCUT2D eigenvalue weighted by molar-refractivity contribution is 6.11. The van der Waals surface area contributed by atoms with E-state index in [9.17, 15) is 29.1 Å². The lowest BCUT2D eigenvalue weighted by Gasteiger charge is -2.21. The molecule has 0 radical (unpaired) electrons. The normalized spacial score (nSPS) is 18.7. The first-order valence-corrected chi connectivity index (χ1v) is 16.2. The van der Waals surface area contributed by atoms with E-state index in [1.165, 1.54) is 4.68 Å². The SMILES string of the molecule is COC(=O)c1c2oc(c1C(=O)OC)C(=O)N[C@H](Cc1ccccc1)Cn1cc(nn1)CNC(=O)[C@H](Cc1ccccc1)NC(=O)N[C@@H](CO)CC2. The van der Waals surface area contributed by atoms with Crippen LogP contribution in [0.4, 0.5) is 4.79 Å². The number of aliphatic hydroxyl groups excluding tert-OH is 1. The van der Waals surface area contributed by atoms with Crippen LogP contribution in [0.5, 0.6) is 0 Å². The minimum absolute atomic E-state index is 0.00139. The van der Waals surface area contributed by atoms with Crippen LogP contribution in [-0.2, 0) is 46.6 Å². The predicted molar refractivity (Wildman–Crippen MR) is 179 cm³/mol. The van der Waals surface area contributed by atoms with Gasteiger partial charge in [0.2, 0.25) is 11.7 Å². The van der Waals surface area contributed by atoms with E-state index in [1.54, 1.807) is 6.20 Å². The van der Waals surface area contributed by atoms with E-state index in [4.69, 9.17) is 13.9 Å². The van der Waals surface area contributed by atoms with E-state index in [2.05, 4.69) is 31.6 Å². The quantitative estimate of drug-likeness (QED) is 0.173. The molecule has 5 N–H and O–H groups in total. The molecule has 16 heteroatoms. The summed E-state index contributed by atoms with van der Waals surface area (Å²) in [4.78, 5) is 66.6. The number of fused-ring (bicyclic) bond motifs is 4. The lowest BCUT2D eigenvalue weighted by atomic mass is 10.0. The summed E-state index contributed by atoms with van der Waals surface area (Å²) >= 11 is 0. The minimum Gasteiger partial charge on any atom is -0.465 e. The number of urea groups is 1. The monoisotopic (exact) mass is 701 g/mol. The predicted octanol–water partition coefficient (Wildman–Crippen LogP) is 1.32. The van der Waals surface area contributed by atoms with Gasteiger partial charge in [0, 0.05) is 12.8 Å². The van der Waals surface area contributed by atoms with Crippen molar-refractivity contribution >= 4 is 29.8 Å². The van der Waals surface area contributed by atoms with Crippen molar-refractivity contribution in [3.8, 4) is 0 Å². The second kappa shape index (κ2) is 17.1. The number of furan rings is 1. The van der Waals surface area contributed by atoms with Gasteiger partial charge >= 0.3 is 18.0 Å². The number of ether oxygens (including phenoxy) is 2. The largest absolute Gasteiger partial charge is 0.465 e. The molecule has 0 saturated carbocycles. The molecule has 0 aliphatic carbocycles. The van der Waals surface area contributed by atoms with Gasteiger partial charge in [0.25, 0.3) is 5.91 Å². The number of rotatable bonds is 7. The van der Waals surface area contributed by atoms with Crippen LogP contribution in [0.15, 0.2) is 71.3 Å². The summed E-state index contributed by atoms with van der Waals surface area (Å²) in [7, 11) is 2.21. The van der Waals surface area contributed by atoms with Crippen LogP contribution in [0.3, 0.4) is 0 Å². The smallest absolute Gasteiger partial charge is 0.342 e. The first-order valence-electron chi connectivity index (χ1n) is 16.2. The van der Waals surface area contributed by atoms with Crippen molar-refractivity contribution in [2.45, 2.75) is 56.9 Å². The van der Waals surface area contributed by atoms with E-state index < -0.39 is 65.8 Å². The number of benzene rings is 2. The number of aliphatic hydroxyl groups is 1. The van der Waals surface area contributed by atoms with Gasteiger partial charge in [-0.15, -0.1) is 5.10 Å². The molecule has 0 spiro atoms. The Labute approximate surface area is 292 Å². The molecule has 4 bridgehead atoms. The Morgan fingerprint density at radius 2 is 1.53 bits per heavy atom. The van der Waals surface area contributed by atoms with Crippen LogP contribution >= 0.6 is 0 Å². The third kappa shape index (κ3) is 9.36. The lowest BCUT2D eigenvalue weighted by Crippen LogP contribution is -2.53. The van der Waals surface area contributed by atoms with Crippen LogP contribution in [0.25, 0.3) is 0 Å². The van der Waals surface area contributed by atoms with Gasteiger partial charge in [-0.3, -0.25) is 14.3 Å². The van der Waals surface area contributed by atoms with Gasteiger partial charge in [-0.2, -0.15) is 0 Å². The summed E-state index contributed by atoms with van der Waals surface area (Å²) < 4.78 is 17.3. The van der Waals surface area contributed by atoms with Gasteiger partial charge in [0.05, 0.1) is 52.2 Å². The summed E-state index contributed by atoms with van der Waals surface area (Å²) in [6.07, 6.45) is 2.01.